The molecular formula is C27H33N5O3. The molecule has 5 rings (SSSR count). The summed E-state index contributed by atoms with van der Waals surface area (Å²) in [6.45, 7) is 4.29. The maximum absolute atomic E-state index is 11.8. The zero-order valence-electron chi connectivity index (χ0n) is 20.4. The van der Waals surface area contributed by atoms with Crippen LogP contribution in [0.4, 0.5) is 5.82 Å². The number of nitrogens with one attached hydrogen (secondary N) is 2. The van der Waals surface area contributed by atoms with E-state index in [-0.39, 0.29) is 18.1 Å². The molecule has 1 amide bonds. The summed E-state index contributed by atoms with van der Waals surface area (Å²) in [5, 5.41) is 7.34. The highest BCUT2D eigenvalue weighted by atomic mass is 16.5. The van der Waals surface area contributed by atoms with E-state index in [0.29, 0.717) is 24.1 Å². The fourth-order valence-corrected chi connectivity index (χ4v) is 5.14. The quantitative estimate of drug-likeness (QED) is 0.535. The molecule has 1 atom stereocenters. The van der Waals surface area contributed by atoms with Crippen LogP contribution in [0.2, 0.25) is 0 Å². The van der Waals surface area contributed by atoms with Gasteiger partial charge in [0.15, 0.2) is 11.5 Å². The van der Waals surface area contributed by atoms with E-state index in [0.717, 1.165) is 55.5 Å². The van der Waals surface area contributed by atoms with E-state index in [1.165, 1.54) is 5.56 Å². The number of fused-ring (bicyclic) bond motifs is 1. The lowest BCUT2D eigenvalue weighted by Crippen LogP contribution is -2.52. The molecule has 1 unspecified atom stereocenters. The fourth-order valence-electron chi connectivity index (χ4n) is 5.14. The Balaban J connectivity index is 1.31. The molecule has 8 nitrogen and oxygen atoms in total. The first-order valence-corrected chi connectivity index (χ1v) is 12.4. The SMILES string of the molecule is COc1cc2ncnc(NC(C)c3ccccc3)c2cc1OC1CCC(N2CCNC(=O)C2)CC1. The van der Waals surface area contributed by atoms with E-state index in [9.17, 15) is 4.79 Å². The number of methoxy groups -OCH3 is 1. The smallest absolute Gasteiger partial charge is 0.234 e. The first kappa shape index (κ1) is 23.4. The van der Waals surface area contributed by atoms with Gasteiger partial charge in [-0.05, 0) is 44.2 Å². The first-order valence-electron chi connectivity index (χ1n) is 12.4. The van der Waals surface area contributed by atoms with Gasteiger partial charge in [-0.25, -0.2) is 9.97 Å². The number of ether oxygens (including phenoxy) is 2. The van der Waals surface area contributed by atoms with Gasteiger partial charge in [-0.3, -0.25) is 9.69 Å². The zero-order chi connectivity index (χ0) is 24.2. The van der Waals surface area contributed by atoms with Crippen LogP contribution in [0.15, 0.2) is 48.8 Å². The van der Waals surface area contributed by atoms with E-state index >= 15 is 0 Å². The van der Waals surface area contributed by atoms with Crippen LogP contribution in [0, 0.1) is 0 Å². The van der Waals surface area contributed by atoms with E-state index in [4.69, 9.17) is 9.47 Å². The Bertz CT molecular complexity index is 1160. The number of anilines is 1. The predicted octanol–water partition coefficient (Wildman–Crippen LogP) is 3.93. The van der Waals surface area contributed by atoms with Crippen LogP contribution < -0.4 is 20.1 Å². The molecule has 2 aromatic carbocycles. The summed E-state index contributed by atoms with van der Waals surface area (Å²) in [6, 6.07) is 14.8. The average molecular weight is 476 g/mol. The molecule has 2 fully saturated rings. The molecule has 1 saturated heterocycles. The van der Waals surface area contributed by atoms with Crippen LogP contribution in [-0.2, 0) is 4.79 Å². The van der Waals surface area contributed by atoms with Crippen molar-refractivity contribution in [2.45, 2.75) is 50.8 Å². The van der Waals surface area contributed by atoms with Gasteiger partial charge in [-0.1, -0.05) is 30.3 Å². The monoisotopic (exact) mass is 475 g/mol. The highest BCUT2D eigenvalue weighted by Gasteiger charge is 2.30. The van der Waals surface area contributed by atoms with Crippen molar-refractivity contribution in [1.82, 2.24) is 20.2 Å². The summed E-state index contributed by atoms with van der Waals surface area (Å²) in [7, 11) is 1.66. The molecule has 1 aliphatic heterocycles. The summed E-state index contributed by atoms with van der Waals surface area (Å²) in [5.74, 6) is 2.29. The van der Waals surface area contributed by atoms with E-state index < -0.39 is 0 Å². The van der Waals surface area contributed by atoms with Crippen LogP contribution in [0.3, 0.4) is 0 Å². The molecule has 184 valence electrons. The Labute approximate surface area is 206 Å². The minimum atomic E-state index is 0.0907. The van der Waals surface area contributed by atoms with Gasteiger partial charge >= 0.3 is 0 Å². The van der Waals surface area contributed by atoms with Crippen molar-refractivity contribution in [3.05, 3.63) is 54.4 Å². The van der Waals surface area contributed by atoms with Gasteiger partial charge in [0.2, 0.25) is 5.91 Å². The Morgan fingerprint density at radius 2 is 1.89 bits per heavy atom. The van der Waals surface area contributed by atoms with E-state index in [2.05, 4.69) is 44.6 Å². The summed E-state index contributed by atoms with van der Waals surface area (Å²) >= 11 is 0. The van der Waals surface area contributed by atoms with Gasteiger partial charge in [0.25, 0.3) is 0 Å². The molecule has 2 aliphatic rings. The summed E-state index contributed by atoms with van der Waals surface area (Å²) in [5.41, 5.74) is 1.99. The lowest BCUT2D eigenvalue weighted by Gasteiger charge is -2.38. The number of carbonyl (C=O) groups excluding carboxylic acids is 1. The maximum Gasteiger partial charge on any atom is 0.234 e. The molecule has 8 heteroatoms. The van der Waals surface area contributed by atoms with Gasteiger partial charge in [0.05, 0.1) is 25.3 Å². The normalized spacial score (nSPS) is 21.8. The van der Waals surface area contributed by atoms with Crippen molar-refractivity contribution in [1.29, 1.82) is 0 Å². The van der Waals surface area contributed by atoms with Crippen LogP contribution in [-0.4, -0.2) is 59.7 Å². The van der Waals surface area contributed by atoms with Gasteiger partial charge in [-0.2, -0.15) is 0 Å². The third-order valence-electron chi connectivity index (χ3n) is 7.10. The molecule has 0 spiro atoms. The molecule has 3 aromatic rings. The van der Waals surface area contributed by atoms with Gasteiger partial charge < -0.3 is 20.1 Å². The lowest BCUT2D eigenvalue weighted by molar-refractivity contribution is -0.125. The molecule has 35 heavy (non-hydrogen) atoms. The zero-order valence-corrected chi connectivity index (χ0v) is 20.4. The Morgan fingerprint density at radius 3 is 2.63 bits per heavy atom. The van der Waals surface area contributed by atoms with Gasteiger partial charge in [0.1, 0.15) is 12.1 Å². The van der Waals surface area contributed by atoms with Crippen molar-refractivity contribution in [3.63, 3.8) is 0 Å². The highest BCUT2D eigenvalue weighted by molar-refractivity contribution is 5.91. The van der Waals surface area contributed by atoms with Crippen LogP contribution in [0.5, 0.6) is 11.5 Å². The van der Waals surface area contributed by atoms with Crippen LogP contribution in [0.1, 0.15) is 44.2 Å². The number of piperazine rings is 1. The average Bonchev–Trinajstić information content (AvgIpc) is 2.89. The number of hydrogen-bond donors (Lipinski definition) is 2. The summed E-state index contributed by atoms with van der Waals surface area (Å²) < 4.78 is 12.1. The minimum Gasteiger partial charge on any atom is -0.493 e. The second-order valence-electron chi connectivity index (χ2n) is 9.39. The van der Waals surface area contributed by atoms with E-state index in [1.54, 1.807) is 13.4 Å². The standard InChI is InChI=1S/C27H33N5O3/c1-18(19-6-4-3-5-7-19)31-27-22-14-25(24(34-2)15-23(22)29-17-30-27)35-21-10-8-20(9-11-21)32-13-12-28-26(33)16-32/h3-7,14-15,17-18,20-21H,8-13,16H2,1-2H3,(H,28,33)(H,29,30,31). The first-order chi connectivity index (χ1) is 17.1. The molecular weight excluding hydrogens is 442 g/mol. The van der Waals surface area contributed by atoms with Crippen molar-refractivity contribution in [2.75, 3.05) is 32.1 Å². The Hall–Kier alpha value is -3.39. The maximum atomic E-state index is 11.8. The number of hydrogen-bond acceptors (Lipinski definition) is 7. The molecule has 2 heterocycles. The second-order valence-corrected chi connectivity index (χ2v) is 9.39. The van der Waals surface area contributed by atoms with Gasteiger partial charge in [0, 0.05) is 36.6 Å². The predicted molar refractivity (Wildman–Crippen MR) is 136 cm³/mol. The van der Waals surface area contributed by atoms with Crippen molar-refractivity contribution >= 4 is 22.6 Å². The Morgan fingerprint density at radius 1 is 1.09 bits per heavy atom. The number of rotatable bonds is 7. The van der Waals surface area contributed by atoms with Gasteiger partial charge in [-0.15, -0.1) is 0 Å². The third-order valence-corrected chi connectivity index (χ3v) is 7.10. The van der Waals surface area contributed by atoms with Crippen molar-refractivity contribution < 1.29 is 14.3 Å². The number of aromatic nitrogens is 2. The molecule has 2 N–H and O–H groups in total. The highest BCUT2D eigenvalue weighted by Crippen LogP contribution is 2.37. The topological polar surface area (TPSA) is 88.6 Å². The van der Waals surface area contributed by atoms with E-state index in [1.807, 2.05) is 30.3 Å². The fraction of sp³-hybridized carbons (Fsp3) is 0.444. The largest absolute Gasteiger partial charge is 0.493 e. The number of nitrogens with zero attached hydrogens (tertiary/aromatic N) is 3. The minimum absolute atomic E-state index is 0.0907. The molecule has 1 aliphatic carbocycles. The Kier molecular flexibility index (Phi) is 6.99. The number of benzene rings is 2. The summed E-state index contributed by atoms with van der Waals surface area (Å²) in [4.78, 5) is 23.1. The molecule has 0 radical (unpaired) electrons. The summed E-state index contributed by atoms with van der Waals surface area (Å²) in [6.07, 6.45) is 5.64. The molecule has 1 aromatic heterocycles. The molecule has 0 bridgehead atoms. The van der Waals surface area contributed by atoms with Crippen LogP contribution >= 0.6 is 0 Å². The van der Waals surface area contributed by atoms with Crippen molar-refractivity contribution in [3.8, 4) is 11.5 Å². The number of carbonyl (C=O) groups is 1. The molecule has 1 saturated carbocycles. The third kappa shape index (κ3) is 5.32. The van der Waals surface area contributed by atoms with Crippen LogP contribution in [0.25, 0.3) is 10.9 Å². The lowest BCUT2D eigenvalue weighted by atomic mass is 9.91. The van der Waals surface area contributed by atoms with Crippen molar-refractivity contribution in [2.24, 2.45) is 0 Å². The number of amides is 1. The second kappa shape index (κ2) is 10.5.